The van der Waals surface area contributed by atoms with Gasteiger partial charge in [-0.05, 0) is 31.7 Å². The van der Waals surface area contributed by atoms with Crippen molar-refractivity contribution in [3.8, 4) is 0 Å². The van der Waals surface area contributed by atoms with E-state index in [2.05, 4.69) is 31.1 Å². The maximum absolute atomic E-state index is 12.2. The van der Waals surface area contributed by atoms with Crippen LogP contribution in [-0.4, -0.2) is 55.1 Å². The number of carbonyl (C=O) groups excluding carboxylic acids is 1. The summed E-state index contributed by atoms with van der Waals surface area (Å²) in [5, 5.41) is 3.26. The monoisotopic (exact) mass is 267 g/mol. The lowest BCUT2D eigenvalue weighted by Gasteiger charge is -2.36. The van der Waals surface area contributed by atoms with Gasteiger partial charge in [0.2, 0.25) is 0 Å². The predicted molar refractivity (Wildman–Crippen MR) is 78.2 cm³/mol. The molecule has 2 amide bonds. The molecule has 0 radical (unpaired) electrons. The summed E-state index contributed by atoms with van der Waals surface area (Å²) < 4.78 is 0. The minimum Gasteiger partial charge on any atom is -0.335 e. The molecular formula is C15H29N3O. The fourth-order valence-corrected chi connectivity index (χ4v) is 3.24. The normalized spacial score (nSPS) is 29.6. The molecule has 1 saturated heterocycles. The number of hydrogen-bond acceptors (Lipinski definition) is 2. The van der Waals surface area contributed by atoms with Crippen LogP contribution in [0.4, 0.5) is 4.79 Å². The molecule has 1 unspecified atom stereocenters. The van der Waals surface area contributed by atoms with Gasteiger partial charge < -0.3 is 15.1 Å². The minimum atomic E-state index is 0.155. The second-order valence-electron chi connectivity index (χ2n) is 6.61. The van der Waals surface area contributed by atoms with E-state index < -0.39 is 0 Å². The SMILES string of the molecule is CC(C)C1CCC[C@@H](NC(=O)N2CCN(C)CC2)C1. The summed E-state index contributed by atoms with van der Waals surface area (Å²) in [6, 6.07) is 0.552. The van der Waals surface area contributed by atoms with Crippen molar-refractivity contribution in [1.82, 2.24) is 15.1 Å². The predicted octanol–water partition coefficient (Wildman–Crippen LogP) is 2.16. The lowest BCUT2D eigenvalue weighted by Crippen LogP contribution is -2.53. The van der Waals surface area contributed by atoms with Gasteiger partial charge in [-0.2, -0.15) is 0 Å². The molecule has 19 heavy (non-hydrogen) atoms. The van der Waals surface area contributed by atoms with E-state index in [1.54, 1.807) is 0 Å². The molecule has 1 aliphatic carbocycles. The molecule has 1 heterocycles. The van der Waals surface area contributed by atoms with E-state index in [4.69, 9.17) is 0 Å². The average Bonchev–Trinajstić information content (AvgIpc) is 2.39. The number of likely N-dealkylation sites (N-methyl/N-ethyl adjacent to an activating group) is 1. The van der Waals surface area contributed by atoms with Crippen LogP contribution < -0.4 is 5.32 Å². The van der Waals surface area contributed by atoms with Crippen LogP contribution in [0, 0.1) is 11.8 Å². The first-order valence-electron chi connectivity index (χ1n) is 7.80. The molecule has 4 nitrogen and oxygen atoms in total. The molecule has 2 fully saturated rings. The zero-order chi connectivity index (χ0) is 13.8. The van der Waals surface area contributed by atoms with E-state index in [1.165, 1.54) is 12.8 Å². The third-order valence-electron chi connectivity index (χ3n) is 4.78. The molecule has 0 aromatic heterocycles. The molecule has 1 saturated carbocycles. The van der Waals surface area contributed by atoms with E-state index in [1.807, 2.05) is 4.90 Å². The summed E-state index contributed by atoms with van der Waals surface area (Å²) in [4.78, 5) is 16.5. The molecule has 0 spiro atoms. The van der Waals surface area contributed by atoms with Crippen molar-refractivity contribution in [3.05, 3.63) is 0 Å². The first kappa shape index (κ1) is 14.6. The minimum absolute atomic E-state index is 0.155. The van der Waals surface area contributed by atoms with Crippen molar-refractivity contribution in [2.45, 2.75) is 45.6 Å². The van der Waals surface area contributed by atoms with Crippen LogP contribution in [0.25, 0.3) is 0 Å². The quantitative estimate of drug-likeness (QED) is 0.832. The first-order chi connectivity index (χ1) is 9.06. The van der Waals surface area contributed by atoms with Crippen LogP contribution in [0.1, 0.15) is 39.5 Å². The second-order valence-corrected chi connectivity index (χ2v) is 6.61. The lowest BCUT2D eigenvalue weighted by atomic mass is 9.79. The molecule has 2 rings (SSSR count). The number of rotatable bonds is 2. The Morgan fingerprint density at radius 3 is 2.47 bits per heavy atom. The third-order valence-corrected chi connectivity index (χ3v) is 4.78. The number of urea groups is 1. The topological polar surface area (TPSA) is 35.6 Å². The third kappa shape index (κ3) is 4.10. The Balaban J connectivity index is 1.78. The zero-order valence-corrected chi connectivity index (χ0v) is 12.7. The van der Waals surface area contributed by atoms with Gasteiger partial charge in [0, 0.05) is 32.2 Å². The molecule has 0 aromatic rings. The number of piperazine rings is 1. The Labute approximate surface area is 117 Å². The van der Waals surface area contributed by atoms with Crippen LogP contribution in [-0.2, 0) is 0 Å². The molecule has 1 N–H and O–H groups in total. The Morgan fingerprint density at radius 2 is 1.84 bits per heavy atom. The Kier molecular flexibility index (Phi) is 5.08. The van der Waals surface area contributed by atoms with E-state index in [-0.39, 0.29) is 6.03 Å². The summed E-state index contributed by atoms with van der Waals surface area (Å²) in [7, 11) is 2.11. The highest BCUT2D eigenvalue weighted by molar-refractivity contribution is 5.74. The van der Waals surface area contributed by atoms with Crippen molar-refractivity contribution in [1.29, 1.82) is 0 Å². The molecular weight excluding hydrogens is 238 g/mol. The van der Waals surface area contributed by atoms with Gasteiger partial charge in [0.25, 0.3) is 0 Å². The highest BCUT2D eigenvalue weighted by atomic mass is 16.2. The van der Waals surface area contributed by atoms with Crippen LogP contribution in [0.3, 0.4) is 0 Å². The Hall–Kier alpha value is -0.770. The van der Waals surface area contributed by atoms with Crippen LogP contribution in [0.2, 0.25) is 0 Å². The largest absolute Gasteiger partial charge is 0.335 e. The number of nitrogens with zero attached hydrogens (tertiary/aromatic N) is 2. The second kappa shape index (κ2) is 6.60. The number of amides is 2. The zero-order valence-electron chi connectivity index (χ0n) is 12.7. The summed E-state index contributed by atoms with van der Waals surface area (Å²) in [6.07, 6.45) is 4.91. The maximum atomic E-state index is 12.2. The number of carbonyl (C=O) groups is 1. The van der Waals surface area contributed by atoms with Gasteiger partial charge in [-0.1, -0.05) is 26.7 Å². The van der Waals surface area contributed by atoms with Crippen molar-refractivity contribution in [2.75, 3.05) is 33.2 Å². The summed E-state index contributed by atoms with van der Waals surface area (Å²) in [5.41, 5.74) is 0. The summed E-state index contributed by atoms with van der Waals surface area (Å²) in [6.45, 7) is 8.31. The highest BCUT2D eigenvalue weighted by Gasteiger charge is 2.27. The number of nitrogens with one attached hydrogen (secondary N) is 1. The molecule has 4 heteroatoms. The molecule has 110 valence electrons. The van der Waals surface area contributed by atoms with Crippen LogP contribution in [0.15, 0.2) is 0 Å². The van der Waals surface area contributed by atoms with Gasteiger partial charge in [-0.25, -0.2) is 4.79 Å². The summed E-state index contributed by atoms with van der Waals surface area (Å²) >= 11 is 0. The van der Waals surface area contributed by atoms with Gasteiger partial charge in [-0.15, -0.1) is 0 Å². The van der Waals surface area contributed by atoms with Crippen LogP contribution in [0.5, 0.6) is 0 Å². The highest BCUT2D eigenvalue weighted by Crippen LogP contribution is 2.29. The van der Waals surface area contributed by atoms with Crippen molar-refractivity contribution < 1.29 is 4.79 Å². The van der Waals surface area contributed by atoms with E-state index in [9.17, 15) is 4.79 Å². The van der Waals surface area contributed by atoms with Gasteiger partial charge in [0.15, 0.2) is 0 Å². The van der Waals surface area contributed by atoms with E-state index in [0.29, 0.717) is 6.04 Å². The van der Waals surface area contributed by atoms with Gasteiger partial charge in [-0.3, -0.25) is 0 Å². The van der Waals surface area contributed by atoms with Crippen molar-refractivity contribution >= 4 is 6.03 Å². The summed E-state index contributed by atoms with van der Waals surface area (Å²) in [5.74, 6) is 1.52. The first-order valence-corrected chi connectivity index (χ1v) is 7.80. The molecule has 2 aliphatic rings. The molecule has 0 aromatic carbocycles. The molecule has 0 bridgehead atoms. The lowest BCUT2D eigenvalue weighted by molar-refractivity contribution is 0.145. The average molecular weight is 267 g/mol. The molecule has 2 atom stereocenters. The Bertz CT molecular complexity index is 298. The van der Waals surface area contributed by atoms with Crippen molar-refractivity contribution in [3.63, 3.8) is 0 Å². The van der Waals surface area contributed by atoms with E-state index >= 15 is 0 Å². The van der Waals surface area contributed by atoms with Crippen molar-refractivity contribution in [2.24, 2.45) is 11.8 Å². The standard InChI is InChI=1S/C15H29N3O/c1-12(2)13-5-4-6-14(11-13)16-15(19)18-9-7-17(3)8-10-18/h12-14H,4-11H2,1-3H3,(H,16,19)/t13?,14-/m1/s1. The van der Waals surface area contributed by atoms with Gasteiger partial charge in [0.05, 0.1) is 0 Å². The fraction of sp³-hybridized carbons (Fsp3) is 0.933. The maximum Gasteiger partial charge on any atom is 0.317 e. The smallest absolute Gasteiger partial charge is 0.317 e. The molecule has 1 aliphatic heterocycles. The fourth-order valence-electron chi connectivity index (χ4n) is 3.24. The Morgan fingerprint density at radius 1 is 1.16 bits per heavy atom. The van der Waals surface area contributed by atoms with Gasteiger partial charge >= 0.3 is 6.03 Å². The van der Waals surface area contributed by atoms with E-state index in [0.717, 1.165) is 50.9 Å². The van der Waals surface area contributed by atoms with Crippen LogP contribution >= 0.6 is 0 Å². The van der Waals surface area contributed by atoms with Gasteiger partial charge in [0.1, 0.15) is 0 Å². The number of hydrogen-bond donors (Lipinski definition) is 1.